The van der Waals surface area contributed by atoms with Crippen LogP contribution in [-0.4, -0.2) is 17.6 Å². The van der Waals surface area contributed by atoms with E-state index in [2.05, 4.69) is 25.3 Å². The van der Waals surface area contributed by atoms with E-state index in [1.807, 2.05) is 12.1 Å². The Labute approximate surface area is 94.3 Å². The molecule has 1 rings (SSSR count). The predicted octanol–water partition coefficient (Wildman–Crippen LogP) is 2.95. The number of rotatable bonds is 4. The highest BCUT2D eigenvalue weighted by molar-refractivity contribution is 7.84. The van der Waals surface area contributed by atoms with Crippen LogP contribution in [0.2, 0.25) is 5.02 Å². The van der Waals surface area contributed by atoms with Crippen LogP contribution in [0.25, 0.3) is 0 Å². The summed E-state index contributed by atoms with van der Waals surface area (Å²) in [7, 11) is 0. The summed E-state index contributed by atoms with van der Waals surface area (Å²) in [4.78, 5) is 0. The average molecular weight is 235 g/mol. The highest BCUT2D eigenvalue weighted by Gasteiger charge is 2.00. The van der Waals surface area contributed by atoms with Crippen molar-refractivity contribution in [2.45, 2.75) is 5.25 Å². The van der Waals surface area contributed by atoms with Gasteiger partial charge < -0.3 is 4.74 Å². The summed E-state index contributed by atoms with van der Waals surface area (Å²) in [6.07, 6.45) is 0. The van der Waals surface area contributed by atoms with Crippen LogP contribution < -0.4 is 4.74 Å². The Hall–Kier alpha value is 0.01000. The van der Waals surface area contributed by atoms with Crippen LogP contribution in [-0.2, 0) is 0 Å². The third kappa shape index (κ3) is 4.16. The van der Waals surface area contributed by atoms with E-state index in [4.69, 9.17) is 16.3 Å². The van der Waals surface area contributed by atoms with Gasteiger partial charge in [-0.05, 0) is 24.3 Å². The first kappa shape index (κ1) is 11.1. The van der Waals surface area contributed by atoms with Gasteiger partial charge in [0.25, 0.3) is 0 Å². The topological polar surface area (TPSA) is 9.23 Å². The molecule has 1 aromatic rings. The molecule has 0 aromatic heterocycles. The van der Waals surface area contributed by atoms with E-state index in [0.717, 1.165) is 5.75 Å². The normalized spacial score (nSPS) is 12.5. The molecule has 72 valence electrons. The van der Waals surface area contributed by atoms with Crippen molar-refractivity contribution in [2.24, 2.45) is 0 Å². The fraction of sp³-hybridized carbons (Fsp3) is 0.333. The number of hydrogen-bond donors (Lipinski definition) is 2. The van der Waals surface area contributed by atoms with Gasteiger partial charge in [-0.25, -0.2) is 0 Å². The lowest BCUT2D eigenvalue weighted by atomic mass is 10.3. The SMILES string of the molecule is SCC(S)COc1ccc(Cl)cc1. The monoisotopic (exact) mass is 234 g/mol. The number of halogens is 1. The van der Waals surface area contributed by atoms with E-state index in [0.29, 0.717) is 17.4 Å². The first-order valence-electron chi connectivity index (χ1n) is 3.89. The second kappa shape index (κ2) is 5.68. The molecule has 4 heteroatoms. The lowest BCUT2D eigenvalue weighted by Crippen LogP contribution is -2.13. The Morgan fingerprint density at radius 3 is 2.46 bits per heavy atom. The maximum atomic E-state index is 5.72. The molecule has 13 heavy (non-hydrogen) atoms. The van der Waals surface area contributed by atoms with E-state index in [1.54, 1.807) is 12.1 Å². The summed E-state index contributed by atoms with van der Waals surface area (Å²) in [6.45, 7) is 0.564. The van der Waals surface area contributed by atoms with Crippen molar-refractivity contribution in [2.75, 3.05) is 12.4 Å². The van der Waals surface area contributed by atoms with Crippen molar-refractivity contribution in [3.05, 3.63) is 29.3 Å². The van der Waals surface area contributed by atoms with Crippen LogP contribution in [0.5, 0.6) is 5.75 Å². The summed E-state index contributed by atoms with van der Waals surface area (Å²) in [5.74, 6) is 1.52. The van der Waals surface area contributed by atoms with E-state index in [9.17, 15) is 0 Å². The molecule has 0 radical (unpaired) electrons. The third-order valence-electron chi connectivity index (χ3n) is 1.47. The molecule has 0 bridgehead atoms. The largest absolute Gasteiger partial charge is 0.492 e. The maximum absolute atomic E-state index is 5.72. The fourth-order valence-electron chi connectivity index (χ4n) is 0.776. The van der Waals surface area contributed by atoms with Gasteiger partial charge in [-0.15, -0.1) is 0 Å². The number of hydrogen-bond acceptors (Lipinski definition) is 3. The molecule has 0 aliphatic heterocycles. The van der Waals surface area contributed by atoms with E-state index in [-0.39, 0.29) is 5.25 Å². The zero-order chi connectivity index (χ0) is 9.68. The third-order valence-corrected chi connectivity index (χ3v) is 2.78. The summed E-state index contributed by atoms with van der Waals surface area (Å²) in [6, 6.07) is 7.26. The highest BCUT2D eigenvalue weighted by Crippen LogP contribution is 2.16. The Bertz CT molecular complexity index is 250. The zero-order valence-corrected chi connectivity index (χ0v) is 9.53. The first-order chi connectivity index (χ1) is 6.22. The molecule has 1 nitrogen and oxygen atoms in total. The van der Waals surface area contributed by atoms with Crippen LogP contribution in [0, 0.1) is 0 Å². The van der Waals surface area contributed by atoms with E-state index in [1.165, 1.54) is 0 Å². The quantitative estimate of drug-likeness (QED) is 0.762. The number of ether oxygens (including phenoxy) is 1. The predicted molar refractivity (Wildman–Crippen MR) is 63.6 cm³/mol. The fourth-order valence-corrected chi connectivity index (χ4v) is 1.08. The molecule has 1 atom stereocenters. The van der Waals surface area contributed by atoms with Gasteiger partial charge in [0.2, 0.25) is 0 Å². The molecule has 0 spiro atoms. The minimum Gasteiger partial charge on any atom is -0.492 e. The van der Waals surface area contributed by atoms with E-state index >= 15 is 0 Å². The summed E-state index contributed by atoms with van der Waals surface area (Å²) in [5, 5.41) is 0.878. The Morgan fingerprint density at radius 1 is 1.31 bits per heavy atom. The minimum absolute atomic E-state index is 0.166. The van der Waals surface area contributed by atoms with Gasteiger partial charge in [0.05, 0.1) is 0 Å². The molecule has 0 saturated carbocycles. The zero-order valence-electron chi connectivity index (χ0n) is 6.98. The number of thiol groups is 2. The van der Waals surface area contributed by atoms with Crippen molar-refractivity contribution >= 4 is 36.9 Å². The average Bonchev–Trinajstić information content (AvgIpc) is 2.16. The van der Waals surface area contributed by atoms with Crippen LogP contribution in [0.1, 0.15) is 0 Å². The molecule has 0 heterocycles. The molecule has 1 aromatic carbocycles. The van der Waals surface area contributed by atoms with Crippen molar-refractivity contribution in [3.63, 3.8) is 0 Å². The molecule has 0 saturated heterocycles. The van der Waals surface area contributed by atoms with Crippen LogP contribution in [0.4, 0.5) is 0 Å². The summed E-state index contributed by atoms with van der Waals surface area (Å²) in [5.41, 5.74) is 0. The molecule has 0 fully saturated rings. The second-order valence-corrected chi connectivity index (χ2v) is 4.13. The lowest BCUT2D eigenvalue weighted by Gasteiger charge is -2.09. The Balaban J connectivity index is 2.41. The Morgan fingerprint density at radius 2 is 1.92 bits per heavy atom. The van der Waals surface area contributed by atoms with Gasteiger partial charge in [0.1, 0.15) is 12.4 Å². The molecule has 0 N–H and O–H groups in total. The smallest absolute Gasteiger partial charge is 0.119 e. The van der Waals surface area contributed by atoms with Gasteiger partial charge in [-0.2, -0.15) is 25.3 Å². The highest BCUT2D eigenvalue weighted by atomic mass is 35.5. The van der Waals surface area contributed by atoms with Gasteiger partial charge in [-0.3, -0.25) is 0 Å². The summed E-state index contributed by atoms with van der Waals surface area (Å²) >= 11 is 14.1. The van der Waals surface area contributed by atoms with Crippen molar-refractivity contribution in [1.29, 1.82) is 0 Å². The summed E-state index contributed by atoms with van der Waals surface area (Å²) < 4.78 is 5.43. The van der Waals surface area contributed by atoms with Gasteiger partial charge in [0, 0.05) is 16.0 Å². The molecular formula is C9H11ClOS2. The van der Waals surface area contributed by atoms with Crippen LogP contribution >= 0.6 is 36.9 Å². The maximum Gasteiger partial charge on any atom is 0.119 e. The van der Waals surface area contributed by atoms with E-state index < -0.39 is 0 Å². The molecule has 1 unspecified atom stereocenters. The second-order valence-electron chi connectivity index (χ2n) is 2.60. The molecule has 0 aliphatic rings. The standard InChI is InChI=1S/C9H11ClOS2/c10-7-1-3-8(4-2-7)11-5-9(13)6-12/h1-4,9,12-13H,5-6H2. The van der Waals surface area contributed by atoms with Crippen molar-refractivity contribution < 1.29 is 4.74 Å². The van der Waals surface area contributed by atoms with Crippen LogP contribution in [0.3, 0.4) is 0 Å². The van der Waals surface area contributed by atoms with Crippen molar-refractivity contribution in [3.8, 4) is 5.75 Å². The minimum atomic E-state index is 0.166. The van der Waals surface area contributed by atoms with Gasteiger partial charge >= 0.3 is 0 Å². The van der Waals surface area contributed by atoms with Gasteiger partial charge in [0.15, 0.2) is 0 Å². The molecular weight excluding hydrogens is 224 g/mol. The van der Waals surface area contributed by atoms with Crippen LogP contribution in [0.15, 0.2) is 24.3 Å². The Kier molecular flexibility index (Phi) is 4.84. The molecule has 0 aliphatic carbocycles. The lowest BCUT2D eigenvalue weighted by molar-refractivity contribution is 0.324. The van der Waals surface area contributed by atoms with Gasteiger partial charge in [-0.1, -0.05) is 11.6 Å². The number of benzene rings is 1. The van der Waals surface area contributed by atoms with Crippen molar-refractivity contribution in [1.82, 2.24) is 0 Å². The molecule has 0 amide bonds. The first-order valence-corrected chi connectivity index (χ1v) is 5.42.